The summed E-state index contributed by atoms with van der Waals surface area (Å²) in [6.45, 7) is 0. The van der Waals surface area contributed by atoms with Gasteiger partial charge in [0.1, 0.15) is 11.5 Å². The second-order valence-electron chi connectivity index (χ2n) is 4.64. The van der Waals surface area contributed by atoms with Crippen LogP contribution in [0.15, 0.2) is 63.7 Å². The Kier molecular flexibility index (Phi) is 4.06. The summed E-state index contributed by atoms with van der Waals surface area (Å²) in [6.07, 6.45) is 1.76. The molecule has 0 fully saturated rings. The third-order valence-electron chi connectivity index (χ3n) is 3.23. The molecule has 0 radical (unpaired) electrons. The summed E-state index contributed by atoms with van der Waals surface area (Å²) in [7, 11) is 1.60. The molecule has 1 aliphatic rings. The fraction of sp³-hybridized carbons (Fsp3) is 0.0588. The third-order valence-corrected chi connectivity index (χ3v) is 3.85. The Labute approximate surface area is 136 Å². The number of ether oxygens (including phenoxy) is 1. The normalized spacial score (nSPS) is 15.6. The van der Waals surface area contributed by atoms with Crippen molar-refractivity contribution in [2.45, 2.75) is 0 Å². The molecule has 5 heteroatoms. The van der Waals surface area contributed by atoms with E-state index in [1.807, 2.05) is 48.5 Å². The van der Waals surface area contributed by atoms with Crippen LogP contribution in [-0.2, 0) is 9.63 Å². The predicted molar refractivity (Wildman–Crippen MR) is 87.7 cm³/mol. The zero-order valence-electron chi connectivity index (χ0n) is 11.7. The third kappa shape index (κ3) is 2.80. The lowest BCUT2D eigenvalue weighted by Crippen LogP contribution is -2.06. The lowest BCUT2D eigenvalue weighted by molar-refractivity contribution is -0.136. The second kappa shape index (κ2) is 6.15. The van der Waals surface area contributed by atoms with Crippen LogP contribution in [0, 0.1) is 0 Å². The Morgan fingerprint density at radius 1 is 1.18 bits per heavy atom. The topological polar surface area (TPSA) is 47.9 Å². The number of hydrogen-bond donors (Lipinski definition) is 0. The Morgan fingerprint density at radius 2 is 1.95 bits per heavy atom. The molecule has 0 saturated heterocycles. The molecule has 1 aliphatic heterocycles. The molecule has 0 bridgehead atoms. The van der Waals surface area contributed by atoms with Gasteiger partial charge in [0.15, 0.2) is 0 Å². The lowest BCUT2D eigenvalue weighted by atomic mass is 10.0. The van der Waals surface area contributed by atoms with Crippen molar-refractivity contribution >= 4 is 33.7 Å². The van der Waals surface area contributed by atoms with E-state index in [0.717, 1.165) is 21.3 Å². The van der Waals surface area contributed by atoms with Gasteiger partial charge in [0.2, 0.25) is 0 Å². The van der Waals surface area contributed by atoms with Crippen LogP contribution in [0.1, 0.15) is 11.1 Å². The number of halogens is 1. The van der Waals surface area contributed by atoms with Gasteiger partial charge in [0, 0.05) is 5.56 Å². The zero-order valence-corrected chi connectivity index (χ0v) is 13.3. The molecule has 1 heterocycles. The van der Waals surface area contributed by atoms with E-state index in [0.29, 0.717) is 11.3 Å². The van der Waals surface area contributed by atoms with Gasteiger partial charge in [0.25, 0.3) is 0 Å². The van der Waals surface area contributed by atoms with Crippen LogP contribution in [0.2, 0.25) is 0 Å². The molecule has 0 atom stereocenters. The molecule has 22 heavy (non-hydrogen) atoms. The highest BCUT2D eigenvalue weighted by Crippen LogP contribution is 2.28. The van der Waals surface area contributed by atoms with Crippen LogP contribution in [0.25, 0.3) is 6.08 Å². The van der Waals surface area contributed by atoms with E-state index < -0.39 is 5.97 Å². The molecule has 0 amide bonds. The average molecular weight is 358 g/mol. The van der Waals surface area contributed by atoms with Crippen molar-refractivity contribution < 1.29 is 14.4 Å². The number of benzene rings is 2. The molecule has 110 valence electrons. The van der Waals surface area contributed by atoms with Crippen molar-refractivity contribution in [1.29, 1.82) is 0 Å². The molecule has 0 aromatic heterocycles. The minimum Gasteiger partial charge on any atom is -0.496 e. The molecule has 3 rings (SSSR count). The van der Waals surface area contributed by atoms with Crippen molar-refractivity contribution in [3.63, 3.8) is 0 Å². The molecular formula is C17H12BrNO3. The van der Waals surface area contributed by atoms with E-state index in [-0.39, 0.29) is 0 Å². The molecule has 2 aromatic carbocycles. The van der Waals surface area contributed by atoms with Gasteiger partial charge in [-0.15, -0.1) is 0 Å². The highest BCUT2D eigenvalue weighted by molar-refractivity contribution is 9.10. The first-order valence-corrected chi connectivity index (χ1v) is 7.38. The first-order chi connectivity index (χ1) is 10.7. The Hall–Kier alpha value is -2.40. The fourth-order valence-corrected chi connectivity index (χ4v) is 2.71. The van der Waals surface area contributed by atoms with Gasteiger partial charge in [-0.2, -0.15) is 0 Å². The van der Waals surface area contributed by atoms with Crippen molar-refractivity contribution in [2.75, 3.05) is 7.11 Å². The van der Waals surface area contributed by atoms with Gasteiger partial charge >= 0.3 is 5.97 Å². The van der Waals surface area contributed by atoms with Crippen LogP contribution >= 0.6 is 15.9 Å². The number of methoxy groups -OCH3 is 1. The molecule has 4 nitrogen and oxygen atoms in total. The van der Waals surface area contributed by atoms with E-state index in [2.05, 4.69) is 21.1 Å². The molecule has 0 saturated carbocycles. The maximum atomic E-state index is 11.9. The van der Waals surface area contributed by atoms with Crippen molar-refractivity contribution in [2.24, 2.45) is 5.16 Å². The van der Waals surface area contributed by atoms with Gasteiger partial charge in [-0.25, -0.2) is 4.79 Å². The number of rotatable bonds is 3. The summed E-state index contributed by atoms with van der Waals surface area (Å²) >= 11 is 3.43. The van der Waals surface area contributed by atoms with E-state index in [9.17, 15) is 4.79 Å². The van der Waals surface area contributed by atoms with Gasteiger partial charge in [-0.3, -0.25) is 0 Å². The van der Waals surface area contributed by atoms with Crippen LogP contribution in [-0.4, -0.2) is 18.8 Å². The van der Waals surface area contributed by atoms with Crippen molar-refractivity contribution in [1.82, 2.24) is 0 Å². The first kappa shape index (κ1) is 14.5. The Morgan fingerprint density at radius 3 is 2.64 bits per heavy atom. The molecule has 0 unspecified atom stereocenters. The quantitative estimate of drug-likeness (QED) is 0.619. The minimum absolute atomic E-state index is 0.434. The van der Waals surface area contributed by atoms with E-state index in [1.54, 1.807) is 13.2 Å². The Bertz CT molecular complexity index is 782. The molecule has 0 N–H and O–H groups in total. The number of hydrogen-bond acceptors (Lipinski definition) is 4. The summed E-state index contributed by atoms with van der Waals surface area (Å²) in [5, 5.41) is 3.88. The van der Waals surface area contributed by atoms with Gasteiger partial charge in [-0.05, 0) is 39.7 Å². The van der Waals surface area contributed by atoms with Crippen LogP contribution in [0.3, 0.4) is 0 Å². The van der Waals surface area contributed by atoms with E-state index >= 15 is 0 Å². The SMILES string of the molecule is COc1ccc(C=C2C(=O)ON=C2c2ccccc2)cc1Br. The minimum atomic E-state index is -0.453. The summed E-state index contributed by atoms with van der Waals surface area (Å²) in [5.41, 5.74) is 2.66. The van der Waals surface area contributed by atoms with E-state index in [1.165, 1.54) is 0 Å². The van der Waals surface area contributed by atoms with Crippen LogP contribution in [0.4, 0.5) is 0 Å². The maximum Gasteiger partial charge on any atom is 0.368 e. The maximum absolute atomic E-state index is 11.9. The predicted octanol–water partition coefficient (Wildman–Crippen LogP) is 3.80. The van der Waals surface area contributed by atoms with Crippen molar-refractivity contribution in [3.05, 3.63) is 69.7 Å². The summed E-state index contributed by atoms with van der Waals surface area (Å²) in [4.78, 5) is 16.8. The largest absolute Gasteiger partial charge is 0.496 e. The first-order valence-electron chi connectivity index (χ1n) is 6.59. The number of nitrogens with zero attached hydrogens (tertiary/aromatic N) is 1. The van der Waals surface area contributed by atoms with Crippen LogP contribution < -0.4 is 4.74 Å². The fourth-order valence-electron chi connectivity index (χ4n) is 2.15. The zero-order chi connectivity index (χ0) is 15.5. The van der Waals surface area contributed by atoms with E-state index in [4.69, 9.17) is 9.57 Å². The smallest absolute Gasteiger partial charge is 0.368 e. The molecule has 2 aromatic rings. The standard InChI is InChI=1S/C17H12BrNO3/c1-21-15-8-7-11(10-14(15)18)9-13-16(19-22-17(13)20)12-5-3-2-4-6-12/h2-10H,1H3. The Balaban J connectivity index is 2.00. The number of carbonyl (C=O) groups is 1. The summed E-state index contributed by atoms with van der Waals surface area (Å²) < 4.78 is 6.01. The molecular weight excluding hydrogens is 346 g/mol. The summed E-state index contributed by atoms with van der Waals surface area (Å²) in [6, 6.07) is 15.0. The van der Waals surface area contributed by atoms with Gasteiger partial charge in [-0.1, -0.05) is 41.6 Å². The van der Waals surface area contributed by atoms with Gasteiger partial charge in [0.05, 0.1) is 17.2 Å². The molecule has 0 spiro atoms. The highest BCUT2D eigenvalue weighted by Gasteiger charge is 2.26. The van der Waals surface area contributed by atoms with Crippen LogP contribution in [0.5, 0.6) is 5.75 Å². The number of oxime groups is 1. The molecule has 0 aliphatic carbocycles. The lowest BCUT2D eigenvalue weighted by Gasteiger charge is -2.04. The monoisotopic (exact) mass is 357 g/mol. The number of carbonyl (C=O) groups excluding carboxylic acids is 1. The van der Waals surface area contributed by atoms with Gasteiger partial charge < -0.3 is 9.57 Å². The summed E-state index contributed by atoms with van der Waals surface area (Å²) in [5.74, 6) is 0.277. The average Bonchev–Trinajstić information content (AvgIpc) is 2.89. The van der Waals surface area contributed by atoms with Crippen molar-refractivity contribution in [3.8, 4) is 5.75 Å². The second-order valence-corrected chi connectivity index (χ2v) is 5.49. The highest BCUT2D eigenvalue weighted by atomic mass is 79.9.